The summed E-state index contributed by atoms with van der Waals surface area (Å²) in [4.78, 5) is 15.6. The summed E-state index contributed by atoms with van der Waals surface area (Å²) in [6.07, 6.45) is 6.01. The first kappa shape index (κ1) is 25.1. The maximum absolute atomic E-state index is 13.2. The van der Waals surface area contributed by atoms with Crippen LogP contribution in [0.25, 0.3) is 0 Å². The highest BCUT2D eigenvalue weighted by molar-refractivity contribution is 5.96. The number of hydrogen-bond donors (Lipinski definition) is 0. The molecule has 3 aliphatic rings. The van der Waals surface area contributed by atoms with Crippen molar-refractivity contribution >= 4 is 5.78 Å². The zero-order valence-corrected chi connectivity index (χ0v) is 22.4. The summed E-state index contributed by atoms with van der Waals surface area (Å²) in [5, 5.41) is 17.6. The molecule has 0 unspecified atom stereocenters. The van der Waals surface area contributed by atoms with Crippen molar-refractivity contribution in [3.05, 3.63) is 82.4 Å². The largest absolute Gasteiger partial charge is 0.493 e. The second-order valence-electron chi connectivity index (χ2n) is 10.7. The summed E-state index contributed by atoms with van der Waals surface area (Å²) in [6, 6.07) is 13.9. The average molecular weight is 526 g/mol. The summed E-state index contributed by atoms with van der Waals surface area (Å²) in [5.74, 6) is 1.97. The number of nitrogens with zero attached hydrogens (tertiary/aromatic N) is 5. The minimum absolute atomic E-state index is 0.0319. The van der Waals surface area contributed by atoms with Gasteiger partial charge in [-0.1, -0.05) is 23.4 Å². The summed E-state index contributed by atoms with van der Waals surface area (Å²) in [7, 11) is 5.38. The van der Waals surface area contributed by atoms with Crippen molar-refractivity contribution in [3.8, 4) is 17.6 Å². The van der Waals surface area contributed by atoms with E-state index in [1.807, 2.05) is 30.5 Å². The summed E-state index contributed by atoms with van der Waals surface area (Å²) in [5.41, 5.74) is 4.25. The fraction of sp³-hybridized carbons (Fsp3) is 0.400. The number of likely N-dealkylation sites (N-methyl/N-ethyl adjacent to an activating group) is 1. The van der Waals surface area contributed by atoms with Crippen LogP contribution in [0.3, 0.4) is 0 Å². The van der Waals surface area contributed by atoms with E-state index in [-0.39, 0.29) is 29.8 Å². The number of fused-ring (bicyclic) bond motifs is 1. The van der Waals surface area contributed by atoms with Gasteiger partial charge in [-0.2, -0.15) is 5.26 Å². The van der Waals surface area contributed by atoms with Gasteiger partial charge in [-0.05, 0) is 61.8 Å². The van der Waals surface area contributed by atoms with Gasteiger partial charge in [0.25, 0.3) is 0 Å². The fourth-order valence-electron chi connectivity index (χ4n) is 6.65. The zero-order chi connectivity index (χ0) is 27.1. The SMILES string of the molecule is COC1=C[C@@H]2[C@@H]3Cc4ccc(OC)c(OCc5cn(Cc6ccc(C#N)cc6)nn5)c4[C@]2(CCN3C)CC1=O. The predicted molar refractivity (Wildman–Crippen MR) is 142 cm³/mol. The molecule has 3 aromatic rings. The number of allylic oxidation sites excluding steroid dienone is 1. The van der Waals surface area contributed by atoms with Crippen LogP contribution in [-0.2, 0) is 34.5 Å². The molecule has 2 heterocycles. The Morgan fingerprint density at radius 3 is 2.72 bits per heavy atom. The third kappa shape index (κ3) is 4.25. The molecule has 0 N–H and O–H groups in total. The number of methoxy groups -OCH3 is 2. The lowest BCUT2D eigenvalue weighted by Gasteiger charge is -2.56. The molecule has 9 nitrogen and oxygen atoms in total. The van der Waals surface area contributed by atoms with Crippen LogP contribution in [0.2, 0.25) is 0 Å². The Hall–Kier alpha value is -4.16. The van der Waals surface area contributed by atoms with Crippen LogP contribution < -0.4 is 9.47 Å². The van der Waals surface area contributed by atoms with Crippen molar-refractivity contribution in [1.82, 2.24) is 19.9 Å². The van der Waals surface area contributed by atoms with Crippen molar-refractivity contribution in [2.24, 2.45) is 5.92 Å². The first-order valence-electron chi connectivity index (χ1n) is 13.2. The van der Waals surface area contributed by atoms with Gasteiger partial charge in [0, 0.05) is 29.4 Å². The molecule has 0 amide bonds. The highest BCUT2D eigenvalue weighted by Gasteiger charge is 2.56. The first-order chi connectivity index (χ1) is 19.0. The quantitative estimate of drug-likeness (QED) is 0.463. The maximum atomic E-state index is 13.2. The summed E-state index contributed by atoms with van der Waals surface area (Å²) >= 11 is 0. The van der Waals surface area contributed by atoms with Crippen molar-refractivity contribution < 1.29 is 19.0 Å². The van der Waals surface area contributed by atoms with Gasteiger partial charge in [-0.15, -0.1) is 5.10 Å². The molecule has 200 valence electrons. The van der Waals surface area contributed by atoms with Crippen LogP contribution >= 0.6 is 0 Å². The van der Waals surface area contributed by atoms with Crippen LogP contribution in [0.4, 0.5) is 0 Å². The average Bonchev–Trinajstić information content (AvgIpc) is 3.40. The van der Waals surface area contributed by atoms with E-state index in [9.17, 15) is 4.79 Å². The van der Waals surface area contributed by atoms with Crippen molar-refractivity contribution in [2.75, 3.05) is 27.8 Å². The van der Waals surface area contributed by atoms with Gasteiger partial charge in [-0.25, -0.2) is 4.68 Å². The Labute approximate surface area is 227 Å². The van der Waals surface area contributed by atoms with Gasteiger partial charge in [-0.3, -0.25) is 4.79 Å². The van der Waals surface area contributed by atoms with Gasteiger partial charge in [0.1, 0.15) is 12.3 Å². The molecule has 0 radical (unpaired) electrons. The molecule has 1 aromatic heterocycles. The van der Waals surface area contributed by atoms with E-state index in [1.165, 1.54) is 5.56 Å². The summed E-state index contributed by atoms with van der Waals surface area (Å²) in [6.45, 7) is 1.67. The number of rotatable bonds is 7. The van der Waals surface area contributed by atoms with Gasteiger partial charge in [0.2, 0.25) is 0 Å². The smallest absolute Gasteiger partial charge is 0.197 e. The van der Waals surface area contributed by atoms with Crippen LogP contribution in [0.5, 0.6) is 11.5 Å². The lowest BCUT2D eigenvalue weighted by atomic mass is 9.53. The Balaban J connectivity index is 1.31. The van der Waals surface area contributed by atoms with E-state index in [2.05, 4.69) is 34.4 Å². The van der Waals surface area contributed by atoms with Gasteiger partial charge < -0.3 is 19.1 Å². The molecular formula is C30H31N5O4. The number of nitriles is 1. The summed E-state index contributed by atoms with van der Waals surface area (Å²) < 4.78 is 19.5. The number of carbonyl (C=O) groups is 1. The molecule has 0 spiro atoms. The van der Waals surface area contributed by atoms with E-state index in [0.717, 1.165) is 30.5 Å². The van der Waals surface area contributed by atoms with Crippen LogP contribution in [-0.4, -0.2) is 59.5 Å². The topological polar surface area (TPSA) is 102 Å². The predicted octanol–water partition coefficient (Wildman–Crippen LogP) is 3.40. The Kier molecular flexibility index (Phi) is 6.35. The number of ether oxygens (including phenoxy) is 3. The molecule has 0 saturated carbocycles. The molecule has 1 fully saturated rings. The molecule has 2 bridgehead atoms. The number of likely N-dealkylation sites (tertiary alicyclic amines) is 1. The fourth-order valence-corrected chi connectivity index (χ4v) is 6.65. The molecule has 6 rings (SSSR count). The second kappa shape index (κ2) is 9.86. The van der Waals surface area contributed by atoms with E-state index >= 15 is 0 Å². The van der Waals surface area contributed by atoms with Crippen LogP contribution in [0.1, 0.15) is 40.8 Å². The number of aromatic nitrogens is 3. The number of ketones is 1. The number of hydrogen-bond acceptors (Lipinski definition) is 8. The normalized spacial score (nSPS) is 23.7. The van der Waals surface area contributed by atoms with Gasteiger partial charge in [0.05, 0.1) is 38.6 Å². The number of Topliss-reactive ketones (excluding diaryl/α,β-unsaturated/α-hetero) is 1. The number of benzene rings is 2. The Morgan fingerprint density at radius 2 is 1.97 bits per heavy atom. The molecule has 9 heteroatoms. The lowest BCUT2D eigenvalue weighted by Crippen LogP contribution is -2.60. The molecule has 39 heavy (non-hydrogen) atoms. The van der Waals surface area contributed by atoms with Crippen molar-refractivity contribution in [2.45, 2.75) is 43.9 Å². The first-order valence-corrected chi connectivity index (χ1v) is 13.2. The zero-order valence-electron chi connectivity index (χ0n) is 22.4. The Bertz CT molecular complexity index is 1490. The highest BCUT2D eigenvalue weighted by atomic mass is 16.5. The third-order valence-corrected chi connectivity index (χ3v) is 8.56. The highest BCUT2D eigenvalue weighted by Crippen LogP contribution is 2.58. The molecule has 3 atom stereocenters. The van der Waals surface area contributed by atoms with Crippen molar-refractivity contribution in [1.29, 1.82) is 5.26 Å². The standard InChI is InChI=1S/C30H31N5O4/c1-34-11-10-30-14-25(36)27(38-3)13-23(30)24(34)12-21-8-9-26(37-2)29(28(21)30)39-18-22-17-35(33-32-22)16-20-6-4-19(15-31)5-7-20/h4-9,13,17,23-24H,10-12,14,16,18H2,1-3H3/t23-,24+,30-/m1/s1. The minimum Gasteiger partial charge on any atom is -0.493 e. The van der Waals surface area contributed by atoms with E-state index in [1.54, 1.807) is 31.0 Å². The number of carbonyl (C=O) groups excluding carboxylic acids is 1. The van der Waals surface area contributed by atoms with E-state index in [4.69, 9.17) is 19.5 Å². The van der Waals surface area contributed by atoms with E-state index in [0.29, 0.717) is 41.5 Å². The molecule has 1 saturated heterocycles. The van der Waals surface area contributed by atoms with E-state index < -0.39 is 0 Å². The van der Waals surface area contributed by atoms with Crippen LogP contribution in [0.15, 0.2) is 54.4 Å². The van der Waals surface area contributed by atoms with Crippen LogP contribution in [0, 0.1) is 17.2 Å². The van der Waals surface area contributed by atoms with Gasteiger partial charge >= 0.3 is 0 Å². The maximum Gasteiger partial charge on any atom is 0.197 e. The Morgan fingerprint density at radius 1 is 1.15 bits per heavy atom. The minimum atomic E-state index is -0.374. The second-order valence-corrected chi connectivity index (χ2v) is 10.7. The monoisotopic (exact) mass is 525 g/mol. The number of piperidine rings is 1. The third-order valence-electron chi connectivity index (χ3n) is 8.56. The lowest BCUT2D eigenvalue weighted by molar-refractivity contribution is -0.122. The molecular weight excluding hydrogens is 494 g/mol. The van der Waals surface area contributed by atoms with Crippen molar-refractivity contribution in [3.63, 3.8) is 0 Å². The molecule has 1 aliphatic heterocycles. The molecule has 2 aliphatic carbocycles. The van der Waals surface area contributed by atoms with Gasteiger partial charge in [0.15, 0.2) is 23.0 Å². The molecule has 2 aromatic carbocycles.